The molecule has 5 rings (SSSR count). The number of para-hydroxylation sites is 1. The van der Waals surface area contributed by atoms with E-state index in [9.17, 15) is 14.7 Å². The topological polar surface area (TPSA) is 81.4 Å². The lowest BCUT2D eigenvalue weighted by Crippen LogP contribution is -2.44. The number of fused-ring (bicyclic) bond motifs is 5. The molecular formula is C21H17Cl3N2O4. The van der Waals surface area contributed by atoms with Gasteiger partial charge in [0.2, 0.25) is 0 Å². The smallest absolute Gasteiger partial charge is 0.343 e. The Kier molecular flexibility index (Phi) is 5.53. The molecule has 1 unspecified atom stereocenters. The highest BCUT2D eigenvalue weighted by molar-refractivity contribution is 6.63. The zero-order valence-electron chi connectivity index (χ0n) is 15.9. The molecule has 0 saturated heterocycles. The first-order valence-corrected chi connectivity index (χ1v) is 10.5. The molecule has 2 aromatic heterocycles. The molecule has 2 aliphatic heterocycles. The minimum absolute atomic E-state index is 0.110. The van der Waals surface area contributed by atoms with Crippen LogP contribution in [0.1, 0.15) is 30.0 Å². The maximum Gasteiger partial charge on any atom is 0.343 e. The fraction of sp³-hybridized carbons (Fsp3) is 0.286. The number of pyridine rings is 2. The summed E-state index contributed by atoms with van der Waals surface area (Å²) in [6.45, 7) is 2.01. The van der Waals surface area contributed by atoms with Crippen LogP contribution in [-0.2, 0) is 28.3 Å². The molecule has 0 saturated carbocycles. The molecule has 0 spiro atoms. The van der Waals surface area contributed by atoms with E-state index in [1.54, 1.807) is 17.6 Å². The van der Waals surface area contributed by atoms with Crippen molar-refractivity contribution in [1.29, 1.82) is 0 Å². The quantitative estimate of drug-likeness (QED) is 0.337. The van der Waals surface area contributed by atoms with Crippen molar-refractivity contribution in [3.63, 3.8) is 0 Å². The van der Waals surface area contributed by atoms with Crippen molar-refractivity contribution in [2.75, 3.05) is 0 Å². The number of aromatic nitrogens is 2. The van der Waals surface area contributed by atoms with Crippen molar-refractivity contribution in [2.45, 2.75) is 36.4 Å². The maximum atomic E-state index is 13.0. The summed E-state index contributed by atoms with van der Waals surface area (Å²) < 4.78 is 5.97. The van der Waals surface area contributed by atoms with Crippen LogP contribution in [0.25, 0.3) is 22.3 Å². The molecule has 0 aliphatic carbocycles. The Morgan fingerprint density at radius 2 is 1.93 bits per heavy atom. The molecule has 0 radical (unpaired) electrons. The highest BCUT2D eigenvalue weighted by Gasteiger charge is 2.45. The summed E-state index contributed by atoms with van der Waals surface area (Å²) in [5, 5.41) is 11.8. The van der Waals surface area contributed by atoms with Crippen LogP contribution < -0.4 is 5.56 Å². The van der Waals surface area contributed by atoms with Crippen molar-refractivity contribution in [3.8, 4) is 11.4 Å². The summed E-state index contributed by atoms with van der Waals surface area (Å²) in [6, 6.07) is 11.6. The minimum Gasteiger partial charge on any atom is -0.458 e. The molecule has 6 nitrogen and oxygen atoms in total. The van der Waals surface area contributed by atoms with Gasteiger partial charge in [-0.2, -0.15) is 0 Å². The fourth-order valence-electron chi connectivity index (χ4n) is 3.93. The second kappa shape index (κ2) is 7.85. The third-order valence-electron chi connectivity index (χ3n) is 5.42. The number of cyclic esters (lactones) is 1. The average molecular weight is 468 g/mol. The number of benzene rings is 1. The zero-order valence-corrected chi connectivity index (χ0v) is 18.1. The third-order valence-corrected chi connectivity index (χ3v) is 5.42. The summed E-state index contributed by atoms with van der Waals surface area (Å²) in [4.78, 5) is 29.9. The molecule has 0 amide bonds. The minimum atomic E-state index is -1.79. The number of halogens is 3. The predicted molar refractivity (Wildman–Crippen MR) is 116 cm³/mol. The van der Waals surface area contributed by atoms with Crippen molar-refractivity contribution in [1.82, 2.24) is 9.55 Å². The van der Waals surface area contributed by atoms with Gasteiger partial charge in [0.05, 0.1) is 29.0 Å². The molecule has 1 aromatic carbocycles. The van der Waals surface area contributed by atoms with Crippen LogP contribution in [-0.4, -0.2) is 24.9 Å². The van der Waals surface area contributed by atoms with Crippen LogP contribution in [0, 0.1) is 0 Å². The molecular weight excluding hydrogens is 451 g/mol. The summed E-state index contributed by atoms with van der Waals surface area (Å²) in [5.74, 6) is -0.707. The summed E-state index contributed by atoms with van der Waals surface area (Å²) in [7, 11) is 0. The van der Waals surface area contributed by atoms with Crippen molar-refractivity contribution in [3.05, 3.63) is 63.4 Å². The first-order chi connectivity index (χ1) is 14.3. The molecule has 0 bridgehead atoms. The maximum absolute atomic E-state index is 13.0. The lowest BCUT2D eigenvalue weighted by molar-refractivity contribution is -0.172. The van der Waals surface area contributed by atoms with Crippen LogP contribution in [0.4, 0.5) is 0 Å². The van der Waals surface area contributed by atoms with Gasteiger partial charge in [-0.3, -0.25) is 4.79 Å². The first kappa shape index (κ1) is 21.1. The Labute approximate surface area is 187 Å². The number of hydrogen-bond acceptors (Lipinski definition) is 5. The molecule has 156 valence electrons. The average Bonchev–Trinajstić information content (AvgIpc) is 3.07. The SMILES string of the molecule is CCC1(O)C(=O)OCc2c1cc1n(c2=O)Cc2cc3ccccc3nc2-1.ClC(Cl)Cl. The van der Waals surface area contributed by atoms with Crippen LogP contribution in [0.5, 0.6) is 0 Å². The number of aliphatic hydroxyl groups is 1. The highest BCUT2D eigenvalue weighted by Crippen LogP contribution is 2.38. The largest absolute Gasteiger partial charge is 0.458 e. The van der Waals surface area contributed by atoms with Gasteiger partial charge >= 0.3 is 5.97 Å². The number of rotatable bonds is 1. The highest BCUT2D eigenvalue weighted by atomic mass is 35.6. The van der Waals surface area contributed by atoms with Gasteiger partial charge < -0.3 is 14.4 Å². The van der Waals surface area contributed by atoms with Gasteiger partial charge in [0.25, 0.3) is 5.56 Å². The Hall–Kier alpha value is -2.12. The van der Waals surface area contributed by atoms with Gasteiger partial charge in [0, 0.05) is 16.5 Å². The van der Waals surface area contributed by atoms with Crippen LogP contribution in [0.15, 0.2) is 41.2 Å². The van der Waals surface area contributed by atoms with Crippen LogP contribution in [0.2, 0.25) is 0 Å². The number of ether oxygens (including phenoxy) is 1. The first-order valence-electron chi connectivity index (χ1n) is 9.24. The number of alkyl halides is 3. The molecule has 3 aromatic rings. The normalized spacial score (nSPS) is 18.9. The van der Waals surface area contributed by atoms with E-state index in [1.807, 2.05) is 30.3 Å². The molecule has 30 heavy (non-hydrogen) atoms. The van der Waals surface area contributed by atoms with Gasteiger partial charge in [0.1, 0.15) is 6.61 Å². The van der Waals surface area contributed by atoms with Gasteiger partial charge in [-0.15, -0.1) is 0 Å². The van der Waals surface area contributed by atoms with E-state index in [0.717, 1.165) is 22.2 Å². The number of nitrogens with zero attached hydrogens (tertiary/aromatic N) is 2. The van der Waals surface area contributed by atoms with Gasteiger partial charge in [-0.05, 0) is 24.6 Å². The van der Waals surface area contributed by atoms with E-state index in [0.29, 0.717) is 23.4 Å². The van der Waals surface area contributed by atoms with E-state index in [2.05, 4.69) is 0 Å². The molecule has 2 aliphatic rings. The van der Waals surface area contributed by atoms with E-state index < -0.39 is 15.9 Å². The Balaban J connectivity index is 0.000000503. The zero-order chi connectivity index (χ0) is 21.6. The van der Waals surface area contributed by atoms with Crippen molar-refractivity contribution < 1.29 is 14.6 Å². The van der Waals surface area contributed by atoms with Crippen LogP contribution >= 0.6 is 34.8 Å². The van der Waals surface area contributed by atoms with Gasteiger partial charge in [-0.25, -0.2) is 9.78 Å². The standard InChI is InChI=1S/C20H16N2O4.CHCl3/c1-2-20(25)14-8-16-17-12(7-11-5-3-4-6-15(11)21-17)9-22(16)18(23)13(14)10-26-19(20)24;2-1(3)4/h3-8,25H,2,9-10H2,1H3;1H. The number of hydrogen-bond donors (Lipinski definition) is 1. The molecule has 9 heteroatoms. The van der Waals surface area contributed by atoms with Gasteiger partial charge in [0.15, 0.2) is 9.90 Å². The second-order valence-corrected chi connectivity index (χ2v) is 9.02. The number of carbonyl (C=O) groups excluding carboxylic acids is 1. The predicted octanol–water partition coefficient (Wildman–Crippen LogP) is 4.07. The number of esters is 1. The summed E-state index contributed by atoms with van der Waals surface area (Å²) >= 11 is 14.4. The van der Waals surface area contributed by atoms with Crippen molar-refractivity contribution >= 4 is 51.7 Å². The Bertz CT molecular complexity index is 1220. The van der Waals surface area contributed by atoms with E-state index in [4.69, 9.17) is 44.5 Å². The van der Waals surface area contributed by atoms with Crippen molar-refractivity contribution in [2.24, 2.45) is 0 Å². The summed E-state index contributed by atoms with van der Waals surface area (Å²) in [5.41, 5.74) is 1.81. The lowest BCUT2D eigenvalue weighted by Gasteiger charge is -2.31. The lowest BCUT2D eigenvalue weighted by atomic mass is 9.86. The van der Waals surface area contributed by atoms with Crippen LogP contribution in [0.3, 0.4) is 0 Å². The monoisotopic (exact) mass is 466 g/mol. The third kappa shape index (κ3) is 3.38. The fourth-order valence-corrected chi connectivity index (χ4v) is 3.93. The Morgan fingerprint density at radius 3 is 2.63 bits per heavy atom. The van der Waals surface area contributed by atoms with E-state index >= 15 is 0 Å². The molecule has 1 N–H and O–H groups in total. The molecule has 0 fully saturated rings. The number of carbonyl (C=O) groups is 1. The summed E-state index contributed by atoms with van der Waals surface area (Å²) in [6.07, 6.45) is 0.139. The van der Waals surface area contributed by atoms with E-state index in [-0.39, 0.29) is 18.6 Å². The Morgan fingerprint density at radius 1 is 1.23 bits per heavy atom. The second-order valence-electron chi connectivity index (χ2n) is 7.04. The molecule has 1 atom stereocenters. The van der Waals surface area contributed by atoms with E-state index in [1.165, 1.54) is 0 Å². The molecule has 4 heterocycles. The van der Waals surface area contributed by atoms with Gasteiger partial charge in [-0.1, -0.05) is 59.9 Å².